The Hall–Kier alpha value is -3.47. The molecule has 0 unspecified atom stereocenters. The van der Waals surface area contributed by atoms with Crippen LogP contribution in [0.25, 0.3) is 0 Å². The molecule has 2 atom stereocenters. The summed E-state index contributed by atoms with van der Waals surface area (Å²) in [6, 6.07) is 21.7. The summed E-state index contributed by atoms with van der Waals surface area (Å²) in [5.41, 5.74) is 4.88. The third-order valence-electron chi connectivity index (χ3n) is 5.58. The summed E-state index contributed by atoms with van der Waals surface area (Å²) in [7, 11) is 1.62. The molecule has 5 nitrogen and oxygen atoms in total. The maximum Gasteiger partial charge on any atom is 0.213 e. The molecule has 2 heterocycles. The van der Waals surface area contributed by atoms with Crippen molar-refractivity contribution in [3.63, 3.8) is 0 Å². The summed E-state index contributed by atoms with van der Waals surface area (Å²) in [5.74, 6) is 1.77. The molecule has 1 N–H and O–H groups in total. The van der Waals surface area contributed by atoms with Gasteiger partial charge in [0.05, 0.1) is 18.9 Å². The van der Waals surface area contributed by atoms with Crippen LogP contribution in [0.3, 0.4) is 0 Å². The van der Waals surface area contributed by atoms with E-state index in [-0.39, 0.29) is 18.0 Å². The highest BCUT2D eigenvalue weighted by Crippen LogP contribution is 2.48. The Morgan fingerprint density at radius 2 is 1.86 bits per heavy atom. The second kappa shape index (κ2) is 6.85. The number of aryl methyl sites for hydroxylation is 1. The van der Waals surface area contributed by atoms with Gasteiger partial charge in [0.1, 0.15) is 17.2 Å². The molecule has 0 radical (unpaired) electrons. The van der Waals surface area contributed by atoms with Crippen LogP contribution in [0.15, 0.2) is 71.8 Å². The van der Waals surface area contributed by atoms with Crippen molar-refractivity contribution >= 4 is 5.71 Å². The van der Waals surface area contributed by atoms with Crippen molar-refractivity contribution in [2.45, 2.75) is 25.6 Å². The number of nitrogens with zero attached hydrogens (tertiary/aromatic N) is 2. The number of benzene rings is 3. The molecule has 2 aliphatic rings. The number of phenols is 1. The predicted molar refractivity (Wildman–Crippen MR) is 111 cm³/mol. The van der Waals surface area contributed by atoms with Crippen molar-refractivity contribution in [2.75, 3.05) is 7.11 Å². The number of ether oxygens (including phenoxy) is 2. The molecule has 0 bridgehead atoms. The summed E-state index contributed by atoms with van der Waals surface area (Å²) in [4.78, 5) is 0. The number of hydrazone groups is 1. The lowest BCUT2D eigenvalue weighted by Crippen LogP contribution is -2.33. The first kappa shape index (κ1) is 17.6. The molecule has 0 saturated heterocycles. The number of aromatic hydroxyl groups is 1. The lowest BCUT2D eigenvalue weighted by Gasteiger charge is -2.38. The van der Waals surface area contributed by atoms with Crippen molar-refractivity contribution in [3.8, 4) is 17.2 Å². The minimum Gasteiger partial charge on any atom is -0.507 e. The van der Waals surface area contributed by atoms with E-state index >= 15 is 0 Å². The van der Waals surface area contributed by atoms with E-state index in [0.29, 0.717) is 17.7 Å². The third kappa shape index (κ3) is 2.99. The quantitative estimate of drug-likeness (QED) is 0.692. The molecule has 0 aromatic heterocycles. The van der Waals surface area contributed by atoms with E-state index in [2.05, 4.69) is 37.3 Å². The van der Waals surface area contributed by atoms with Crippen LogP contribution in [0.4, 0.5) is 0 Å². The molecular weight excluding hydrogens is 364 g/mol. The smallest absolute Gasteiger partial charge is 0.213 e. The molecule has 0 amide bonds. The largest absolute Gasteiger partial charge is 0.507 e. The van der Waals surface area contributed by atoms with E-state index in [9.17, 15) is 5.11 Å². The highest BCUT2D eigenvalue weighted by molar-refractivity contribution is 6.04. The lowest BCUT2D eigenvalue weighted by atomic mass is 9.95. The molecule has 3 aromatic carbocycles. The highest BCUT2D eigenvalue weighted by atomic mass is 16.5. The van der Waals surface area contributed by atoms with Gasteiger partial charge in [-0.15, -0.1) is 0 Å². The fourth-order valence-electron chi connectivity index (χ4n) is 4.02. The maximum atomic E-state index is 10.4. The molecule has 3 aromatic rings. The molecule has 2 aliphatic heterocycles. The number of hydrogen-bond donors (Lipinski definition) is 1. The van der Waals surface area contributed by atoms with E-state index in [1.807, 2.05) is 29.3 Å². The van der Waals surface area contributed by atoms with Gasteiger partial charge in [-0.3, -0.25) is 0 Å². The number of para-hydroxylation sites is 1. The number of phenolic OH excluding ortho intramolecular Hbond substituents is 1. The fourth-order valence-corrected chi connectivity index (χ4v) is 4.02. The molecule has 0 aliphatic carbocycles. The number of rotatable bonds is 3. The number of fused-ring (bicyclic) bond motifs is 3. The zero-order valence-electron chi connectivity index (χ0n) is 16.4. The van der Waals surface area contributed by atoms with Crippen LogP contribution in [0.5, 0.6) is 17.2 Å². The lowest BCUT2D eigenvalue weighted by molar-refractivity contribution is -0.0190. The first-order chi connectivity index (χ1) is 14.1. The van der Waals surface area contributed by atoms with E-state index in [1.54, 1.807) is 19.2 Å². The Balaban J connectivity index is 1.60. The van der Waals surface area contributed by atoms with Gasteiger partial charge in [0.25, 0.3) is 0 Å². The minimum atomic E-state index is -0.319. The average molecular weight is 386 g/mol. The van der Waals surface area contributed by atoms with Gasteiger partial charge in [-0.1, -0.05) is 48.0 Å². The predicted octanol–water partition coefficient (Wildman–Crippen LogP) is 4.95. The third-order valence-corrected chi connectivity index (χ3v) is 5.58. The van der Waals surface area contributed by atoms with Crippen molar-refractivity contribution in [1.82, 2.24) is 5.01 Å². The Morgan fingerprint density at radius 1 is 1.07 bits per heavy atom. The number of methoxy groups -OCH3 is 1. The van der Waals surface area contributed by atoms with E-state index in [4.69, 9.17) is 14.6 Å². The summed E-state index contributed by atoms with van der Waals surface area (Å²) < 4.78 is 11.7. The summed E-state index contributed by atoms with van der Waals surface area (Å²) >= 11 is 0. The van der Waals surface area contributed by atoms with Gasteiger partial charge in [-0.2, -0.15) is 5.10 Å². The second-order valence-corrected chi connectivity index (χ2v) is 7.45. The number of hydrogen-bond acceptors (Lipinski definition) is 5. The van der Waals surface area contributed by atoms with Gasteiger partial charge >= 0.3 is 0 Å². The average Bonchev–Trinajstić information content (AvgIpc) is 3.20. The topological polar surface area (TPSA) is 54.3 Å². The molecule has 5 heteroatoms. The van der Waals surface area contributed by atoms with Gasteiger partial charge in [0.2, 0.25) is 6.23 Å². The van der Waals surface area contributed by atoms with Crippen molar-refractivity contribution in [3.05, 3.63) is 89.0 Å². The zero-order chi connectivity index (χ0) is 20.0. The second-order valence-electron chi connectivity index (χ2n) is 7.45. The van der Waals surface area contributed by atoms with Gasteiger partial charge < -0.3 is 14.6 Å². The first-order valence-corrected chi connectivity index (χ1v) is 9.69. The summed E-state index contributed by atoms with van der Waals surface area (Å²) in [6.45, 7) is 2.07. The van der Waals surface area contributed by atoms with E-state index < -0.39 is 0 Å². The molecule has 0 spiro atoms. The van der Waals surface area contributed by atoms with Crippen LogP contribution in [-0.4, -0.2) is 22.9 Å². The van der Waals surface area contributed by atoms with E-state index in [0.717, 1.165) is 22.6 Å². The van der Waals surface area contributed by atoms with Crippen LogP contribution >= 0.6 is 0 Å². The molecular formula is C24H22N2O3. The Bertz CT molecular complexity index is 1090. The van der Waals surface area contributed by atoms with E-state index in [1.165, 1.54) is 5.56 Å². The SMILES string of the molecule is COc1ccc(O)c(C2=NN3[C@H](C2)c2ccccc2O[C@H]3c2ccc(C)cc2)c1. The summed E-state index contributed by atoms with van der Waals surface area (Å²) in [5, 5.41) is 17.4. The van der Waals surface area contributed by atoms with Crippen LogP contribution in [0.2, 0.25) is 0 Å². The zero-order valence-corrected chi connectivity index (χ0v) is 16.4. The van der Waals surface area contributed by atoms with Crippen LogP contribution in [-0.2, 0) is 0 Å². The van der Waals surface area contributed by atoms with Gasteiger partial charge in [0.15, 0.2) is 0 Å². The van der Waals surface area contributed by atoms with Gasteiger partial charge in [-0.25, -0.2) is 5.01 Å². The Kier molecular flexibility index (Phi) is 4.16. The summed E-state index contributed by atoms with van der Waals surface area (Å²) in [6.07, 6.45) is 0.365. The van der Waals surface area contributed by atoms with Crippen molar-refractivity contribution < 1.29 is 14.6 Å². The van der Waals surface area contributed by atoms with Crippen molar-refractivity contribution in [2.24, 2.45) is 5.10 Å². The van der Waals surface area contributed by atoms with Crippen LogP contribution in [0, 0.1) is 6.92 Å². The fraction of sp³-hybridized carbons (Fsp3) is 0.208. The van der Waals surface area contributed by atoms with Crippen molar-refractivity contribution in [1.29, 1.82) is 0 Å². The molecule has 29 heavy (non-hydrogen) atoms. The van der Waals surface area contributed by atoms with Gasteiger partial charge in [0, 0.05) is 23.1 Å². The molecule has 0 fully saturated rings. The standard InChI is InChI=1S/C24H22N2O3/c1-15-7-9-16(10-8-15)24-26-21(18-5-3-4-6-23(18)29-24)14-20(25-26)19-13-17(28-2)11-12-22(19)27/h3-13,21,24,27H,14H2,1-2H3/t21-,24+/m1/s1. The minimum absolute atomic E-state index is 0.0480. The first-order valence-electron chi connectivity index (χ1n) is 9.69. The van der Waals surface area contributed by atoms with Crippen LogP contribution in [0.1, 0.15) is 40.9 Å². The van der Waals surface area contributed by atoms with Crippen LogP contribution < -0.4 is 9.47 Å². The highest BCUT2D eigenvalue weighted by Gasteiger charge is 2.41. The molecule has 0 saturated carbocycles. The maximum absolute atomic E-state index is 10.4. The normalized spacial score (nSPS) is 19.8. The molecule has 5 rings (SSSR count). The monoisotopic (exact) mass is 386 g/mol. The Morgan fingerprint density at radius 3 is 2.66 bits per heavy atom. The van der Waals surface area contributed by atoms with Gasteiger partial charge in [-0.05, 0) is 31.2 Å². The Labute approximate surface area is 169 Å². The molecule has 146 valence electrons.